The first-order chi connectivity index (χ1) is 14.3. The smallest absolute Gasteiger partial charge is 0.286 e. The van der Waals surface area contributed by atoms with Crippen LogP contribution >= 0.6 is 0 Å². The van der Waals surface area contributed by atoms with Crippen LogP contribution in [0.1, 0.15) is 0 Å². The van der Waals surface area contributed by atoms with E-state index in [0.717, 1.165) is 10.9 Å². The van der Waals surface area contributed by atoms with Gasteiger partial charge in [0.15, 0.2) is 0 Å². The Kier molecular flexibility index (Phi) is 4.18. The van der Waals surface area contributed by atoms with Crippen LogP contribution in [0.15, 0.2) is 83.3 Å². The zero-order valence-corrected chi connectivity index (χ0v) is 15.1. The standard InChI is InChI=1S/C22H14FN5O/c23-15-9-6-10-16(13-15)24-19-17-11-4-5-12-18(17)25-20(26-19)22-28-27-21(29-22)14-7-2-1-3-8-14/h1-13H,(H,24,25,26). The zero-order valence-electron chi connectivity index (χ0n) is 15.1. The van der Waals surface area contributed by atoms with Crippen molar-refractivity contribution in [3.63, 3.8) is 0 Å². The van der Waals surface area contributed by atoms with Crippen LogP contribution in [0, 0.1) is 5.82 Å². The lowest BCUT2D eigenvalue weighted by Crippen LogP contribution is -1.99. The highest BCUT2D eigenvalue weighted by molar-refractivity contribution is 5.91. The van der Waals surface area contributed by atoms with Crippen LogP contribution in [0.5, 0.6) is 0 Å². The molecule has 3 aromatic carbocycles. The highest BCUT2D eigenvalue weighted by Crippen LogP contribution is 2.28. The Hall–Kier alpha value is -4.13. The van der Waals surface area contributed by atoms with E-state index in [2.05, 4.69) is 25.5 Å². The maximum atomic E-state index is 13.6. The number of fused-ring (bicyclic) bond motifs is 1. The molecule has 0 aliphatic rings. The number of anilines is 2. The molecular weight excluding hydrogens is 369 g/mol. The minimum Gasteiger partial charge on any atom is -0.413 e. The molecule has 0 aliphatic heterocycles. The predicted octanol–water partition coefficient (Wildman–Crippen LogP) is 5.23. The van der Waals surface area contributed by atoms with Crippen molar-refractivity contribution < 1.29 is 8.81 Å². The second-order valence-corrected chi connectivity index (χ2v) is 6.33. The average Bonchev–Trinajstić information content (AvgIpc) is 3.25. The van der Waals surface area contributed by atoms with Gasteiger partial charge in [-0.2, -0.15) is 0 Å². The normalized spacial score (nSPS) is 10.9. The number of hydrogen-bond donors (Lipinski definition) is 1. The van der Waals surface area contributed by atoms with Crippen molar-refractivity contribution in [2.45, 2.75) is 0 Å². The summed E-state index contributed by atoms with van der Waals surface area (Å²) in [6, 6.07) is 23.2. The number of halogens is 1. The van der Waals surface area contributed by atoms with Crippen LogP contribution in [0.3, 0.4) is 0 Å². The van der Waals surface area contributed by atoms with E-state index in [0.29, 0.717) is 22.9 Å². The molecule has 0 saturated heterocycles. The van der Waals surface area contributed by atoms with Crippen molar-refractivity contribution in [3.8, 4) is 23.2 Å². The Morgan fingerprint density at radius 1 is 0.759 bits per heavy atom. The second kappa shape index (κ2) is 7.12. The molecule has 0 atom stereocenters. The molecule has 0 spiro atoms. The fourth-order valence-electron chi connectivity index (χ4n) is 2.98. The van der Waals surface area contributed by atoms with Gasteiger partial charge in [0.05, 0.1) is 5.52 Å². The van der Waals surface area contributed by atoms with Gasteiger partial charge in [-0.25, -0.2) is 14.4 Å². The Bertz CT molecular complexity index is 1300. The minimum atomic E-state index is -0.335. The summed E-state index contributed by atoms with van der Waals surface area (Å²) >= 11 is 0. The van der Waals surface area contributed by atoms with E-state index in [1.165, 1.54) is 12.1 Å². The quantitative estimate of drug-likeness (QED) is 0.458. The van der Waals surface area contributed by atoms with Gasteiger partial charge in [0.1, 0.15) is 11.6 Å². The molecule has 0 unspecified atom stereocenters. The van der Waals surface area contributed by atoms with Gasteiger partial charge in [-0.05, 0) is 42.5 Å². The summed E-state index contributed by atoms with van der Waals surface area (Å²) in [5, 5.41) is 12.2. The first-order valence-electron chi connectivity index (χ1n) is 8.95. The number of nitrogens with one attached hydrogen (secondary N) is 1. The van der Waals surface area contributed by atoms with Crippen LogP contribution in [-0.2, 0) is 0 Å². The van der Waals surface area contributed by atoms with E-state index >= 15 is 0 Å². The van der Waals surface area contributed by atoms with Crippen molar-refractivity contribution in [1.82, 2.24) is 20.2 Å². The number of hydrogen-bond acceptors (Lipinski definition) is 6. The van der Waals surface area contributed by atoms with Crippen molar-refractivity contribution in [2.75, 3.05) is 5.32 Å². The van der Waals surface area contributed by atoms with Crippen LogP contribution in [0.2, 0.25) is 0 Å². The fraction of sp³-hybridized carbons (Fsp3) is 0. The van der Waals surface area contributed by atoms with Crippen molar-refractivity contribution in [1.29, 1.82) is 0 Å². The number of rotatable bonds is 4. The Labute approximate surface area is 165 Å². The van der Waals surface area contributed by atoms with E-state index < -0.39 is 0 Å². The molecule has 7 heteroatoms. The molecule has 5 rings (SSSR count). The molecule has 1 N–H and O–H groups in total. The molecule has 0 amide bonds. The molecule has 2 aromatic heterocycles. The SMILES string of the molecule is Fc1cccc(Nc2nc(-c3nnc(-c4ccccc4)o3)nc3ccccc23)c1. The molecule has 0 radical (unpaired) electrons. The number of para-hydroxylation sites is 1. The summed E-state index contributed by atoms with van der Waals surface area (Å²) in [6.45, 7) is 0. The highest BCUT2D eigenvalue weighted by Gasteiger charge is 2.16. The summed E-state index contributed by atoms with van der Waals surface area (Å²) in [5.74, 6) is 1.07. The van der Waals surface area contributed by atoms with Gasteiger partial charge >= 0.3 is 0 Å². The van der Waals surface area contributed by atoms with Gasteiger partial charge < -0.3 is 9.73 Å². The summed E-state index contributed by atoms with van der Waals surface area (Å²) in [5.41, 5.74) is 2.09. The molecular formula is C22H14FN5O. The maximum Gasteiger partial charge on any atom is 0.286 e. The number of aromatic nitrogens is 4. The largest absolute Gasteiger partial charge is 0.413 e. The molecule has 0 fully saturated rings. The first-order valence-corrected chi connectivity index (χ1v) is 8.95. The zero-order chi connectivity index (χ0) is 19.6. The topological polar surface area (TPSA) is 76.7 Å². The number of benzene rings is 3. The van der Waals surface area contributed by atoms with Crippen molar-refractivity contribution in [3.05, 3.63) is 84.7 Å². The summed E-state index contributed by atoms with van der Waals surface area (Å²) in [4.78, 5) is 9.11. The summed E-state index contributed by atoms with van der Waals surface area (Å²) < 4.78 is 19.4. The summed E-state index contributed by atoms with van der Waals surface area (Å²) in [7, 11) is 0. The maximum absolute atomic E-state index is 13.6. The van der Waals surface area contributed by atoms with Crippen LogP contribution < -0.4 is 5.32 Å². The van der Waals surface area contributed by atoms with Gasteiger partial charge in [-0.15, -0.1) is 10.2 Å². The van der Waals surface area contributed by atoms with E-state index in [4.69, 9.17) is 4.42 Å². The molecule has 29 heavy (non-hydrogen) atoms. The van der Waals surface area contributed by atoms with Crippen molar-refractivity contribution in [2.24, 2.45) is 0 Å². The lowest BCUT2D eigenvalue weighted by Gasteiger charge is -2.09. The van der Waals surface area contributed by atoms with E-state index in [1.807, 2.05) is 54.6 Å². The second-order valence-electron chi connectivity index (χ2n) is 6.33. The summed E-state index contributed by atoms with van der Waals surface area (Å²) in [6.07, 6.45) is 0. The van der Waals surface area contributed by atoms with E-state index in [9.17, 15) is 4.39 Å². The van der Waals surface area contributed by atoms with Crippen LogP contribution in [-0.4, -0.2) is 20.2 Å². The third-order valence-electron chi connectivity index (χ3n) is 4.33. The van der Waals surface area contributed by atoms with Gasteiger partial charge in [-0.3, -0.25) is 0 Å². The lowest BCUT2D eigenvalue weighted by molar-refractivity contribution is 0.579. The Morgan fingerprint density at radius 3 is 2.41 bits per heavy atom. The monoisotopic (exact) mass is 383 g/mol. The first kappa shape index (κ1) is 17.0. The van der Waals surface area contributed by atoms with Crippen LogP contribution in [0.25, 0.3) is 34.1 Å². The van der Waals surface area contributed by atoms with Gasteiger partial charge in [0, 0.05) is 16.6 Å². The Morgan fingerprint density at radius 2 is 1.55 bits per heavy atom. The van der Waals surface area contributed by atoms with E-state index in [-0.39, 0.29) is 17.5 Å². The fourth-order valence-corrected chi connectivity index (χ4v) is 2.98. The lowest BCUT2D eigenvalue weighted by atomic mass is 10.2. The number of nitrogens with zero attached hydrogens (tertiary/aromatic N) is 4. The highest BCUT2D eigenvalue weighted by atomic mass is 19.1. The van der Waals surface area contributed by atoms with E-state index in [1.54, 1.807) is 12.1 Å². The molecule has 140 valence electrons. The molecule has 0 bridgehead atoms. The third kappa shape index (κ3) is 3.41. The van der Waals surface area contributed by atoms with Gasteiger partial charge in [0.2, 0.25) is 11.7 Å². The van der Waals surface area contributed by atoms with Crippen molar-refractivity contribution >= 4 is 22.4 Å². The Balaban J connectivity index is 1.59. The predicted molar refractivity (Wildman–Crippen MR) is 108 cm³/mol. The molecule has 2 heterocycles. The molecule has 0 saturated carbocycles. The molecule has 6 nitrogen and oxygen atoms in total. The van der Waals surface area contributed by atoms with Crippen LogP contribution in [0.4, 0.5) is 15.9 Å². The minimum absolute atomic E-state index is 0.205. The van der Waals surface area contributed by atoms with Gasteiger partial charge in [-0.1, -0.05) is 36.4 Å². The third-order valence-corrected chi connectivity index (χ3v) is 4.33. The average molecular weight is 383 g/mol. The molecule has 0 aliphatic carbocycles. The molecule has 5 aromatic rings. The van der Waals surface area contributed by atoms with Gasteiger partial charge in [0.25, 0.3) is 5.89 Å².